The molecular formula is C21H30N6O2. The lowest BCUT2D eigenvalue weighted by Crippen LogP contribution is -2.47. The van der Waals surface area contributed by atoms with Gasteiger partial charge in [0.25, 0.3) is 5.91 Å². The Morgan fingerprint density at radius 2 is 1.86 bits per heavy atom. The van der Waals surface area contributed by atoms with Crippen LogP contribution in [0.5, 0.6) is 5.75 Å². The third-order valence-electron chi connectivity index (χ3n) is 4.93. The van der Waals surface area contributed by atoms with E-state index in [9.17, 15) is 4.79 Å². The number of para-hydroxylation sites is 2. The van der Waals surface area contributed by atoms with E-state index in [4.69, 9.17) is 4.74 Å². The van der Waals surface area contributed by atoms with Gasteiger partial charge in [-0.2, -0.15) is 0 Å². The average Bonchev–Trinajstić information content (AvgIpc) is 2.76. The summed E-state index contributed by atoms with van der Waals surface area (Å²) in [6.45, 7) is 4.81. The molecule has 8 nitrogen and oxygen atoms in total. The second-order valence-corrected chi connectivity index (χ2v) is 7.30. The fraction of sp³-hybridized carbons (Fsp3) is 0.476. The first-order valence-electron chi connectivity index (χ1n) is 9.97. The van der Waals surface area contributed by atoms with Gasteiger partial charge >= 0.3 is 0 Å². The summed E-state index contributed by atoms with van der Waals surface area (Å²) in [6, 6.07) is 9.71. The van der Waals surface area contributed by atoms with Crippen LogP contribution in [0.4, 0.5) is 11.6 Å². The molecule has 8 heteroatoms. The topological polar surface area (TPSA) is 73.8 Å². The molecule has 0 atom stereocenters. The van der Waals surface area contributed by atoms with E-state index in [0.717, 1.165) is 50.6 Å². The number of anilines is 2. The van der Waals surface area contributed by atoms with Crippen LogP contribution in [0.1, 0.15) is 16.9 Å². The van der Waals surface area contributed by atoms with Crippen LogP contribution in [0, 0.1) is 0 Å². The third-order valence-corrected chi connectivity index (χ3v) is 4.93. The smallest absolute Gasteiger partial charge is 0.270 e. The van der Waals surface area contributed by atoms with Gasteiger partial charge in [-0.25, -0.2) is 9.97 Å². The fourth-order valence-corrected chi connectivity index (χ4v) is 3.35. The van der Waals surface area contributed by atoms with E-state index in [-0.39, 0.29) is 5.91 Å². The highest BCUT2D eigenvalue weighted by Gasteiger charge is 2.22. The predicted molar refractivity (Wildman–Crippen MR) is 115 cm³/mol. The van der Waals surface area contributed by atoms with Crippen LogP contribution in [-0.4, -0.2) is 81.2 Å². The minimum absolute atomic E-state index is 0.153. The molecule has 0 unspecified atom stereocenters. The largest absolute Gasteiger partial charge is 0.495 e. The minimum Gasteiger partial charge on any atom is -0.495 e. The molecule has 0 aliphatic carbocycles. The summed E-state index contributed by atoms with van der Waals surface area (Å²) in [5.41, 5.74) is 1.51. The maximum absolute atomic E-state index is 12.4. The highest BCUT2D eigenvalue weighted by atomic mass is 16.5. The maximum atomic E-state index is 12.4. The van der Waals surface area contributed by atoms with Gasteiger partial charge in [-0.1, -0.05) is 12.1 Å². The number of benzene rings is 1. The van der Waals surface area contributed by atoms with Crippen molar-refractivity contribution in [2.24, 2.45) is 0 Å². The molecule has 3 rings (SSSR count). The number of methoxy groups -OCH3 is 1. The zero-order chi connectivity index (χ0) is 20.6. The van der Waals surface area contributed by atoms with Crippen LogP contribution >= 0.6 is 0 Å². The van der Waals surface area contributed by atoms with Crippen molar-refractivity contribution in [3.63, 3.8) is 0 Å². The van der Waals surface area contributed by atoms with Crippen molar-refractivity contribution in [3.05, 3.63) is 42.2 Å². The minimum atomic E-state index is -0.153. The van der Waals surface area contributed by atoms with E-state index in [1.54, 1.807) is 19.4 Å². The molecule has 1 aliphatic rings. The molecule has 1 fully saturated rings. The Kier molecular flexibility index (Phi) is 7.24. The number of nitrogens with one attached hydrogen (secondary N) is 1. The highest BCUT2D eigenvalue weighted by molar-refractivity contribution is 5.92. The molecule has 1 amide bonds. The van der Waals surface area contributed by atoms with Gasteiger partial charge in [0, 0.05) is 38.9 Å². The first kappa shape index (κ1) is 20.9. The monoisotopic (exact) mass is 398 g/mol. The number of nitrogens with zero attached hydrogens (tertiary/aromatic N) is 5. The number of hydrogen-bond donors (Lipinski definition) is 1. The van der Waals surface area contributed by atoms with Crippen molar-refractivity contribution in [3.8, 4) is 5.75 Å². The molecular weight excluding hydrogens is 368 g/mol. The Morgan fingerprint density at radius 1 is 1.14 bits per heavy atom. The van der Waals surface area contributed by atoms with Gasteiger partial charge in [-0.15, -0.1) is 0 Å². The number of amides is 1. The zero-order valence-corrected chi connectivity index (χ0v) is 17.5. The molecule has 1 aromatic carbocycles. The Balaban J connectivity index is 1.57. The number of ether oxygens (including phenoxy) is 1. The first-order valence-corrected chi connectivity index (χ1v) is 9.97. The van der Waals surface area contributed by atoms with Crippen LogP contribution in [0.25, 0.3) is 0 Å². The Morgan fingerprint density at radius 3 is 2.59 bits per heavy atom. The van der Waals surface area contributed by atoms with E-state index < -0.39 is 0 Å². The summed E-state index contributed by atoms with van der Waals surface area (Å²) in [4.78, 5) is 27.8. The Bertz CT molecular complexity index is 805. The molecule has 2 heterocycles. The van der Waals surface area contributed by atoms with Crippen LogP contribution in [0.15, 0.2) is 36.5 Å². The summed E-state index contributed by atoms with van der Waals surface area (Å²) in [5.74, 6) is 1.33. The van der Waals surface area contributed by atoms with Gasteiger partial charge < -0.3 is 24.8 Å². The van der Waals surface area contributed by atoms with Crippen molar-refractivity contribution in [1.82, 2.24) is 20.2 Å². The Labute approximate surface area is 172 Å². The van der Waals surface area contributed by atoms with E-state index in [0.29, 0.717) is 18.2 Å². The third kappa shape index (κ3) is 5.57. The van der Waals surface area contributed by atoms with Gasteiger partial charge in [-0.05, 0) is 45.3 Å². The van der Waals surface area contributed by atoms with E-state index in [1.807, 2.05) is 32.3 Å². The average molecular weight is 399 g/mol. The molecule has 1 saturated heterocycles. The van der Waals surface area contributed by atoms with Crippen LogP contribution in [0.3, 0.4) is 0 Å². The van der Waals surface area contributed by atoms with Gasteiger partial charge in [-0.3, -0.25) is 4.79 Å². The molecule has 0 spiro atoms. The van der Waals surface area contributed by atoms with Crippen molar-refractivity contribution in [2.45, 2.75) is 6.42 Å². The lowest BCUT2D eigenvalue weighted by Gasteiger charge is -2.36. The van der Waals surface area contributed by atoms with E-state index >= 15 is 0 Å². The number of aromatic nitrogens is 2. The van der Waals surface area contributed by atoms with E-state index in [1.165, 1.54) is 0 Å². The van der Waals surface area contributed by atoms with Gasteiger partial charge in [0.1, 0.15) is 11.4 Å². The standard InChI is InChI=1S/C21H30N6O2/c1-25(2)12-6-10-22-20(28)17-9-11-23-21(24-17)27-15-13-26(14-16-27)18-7-4-5-8-19(18)29-3/h4-5,7-9,11H,6,10,12-16H2,1-3H3,(H,22,28). The van der Waals surface area contributed by atoms with Crippen molar-refractivity contribution in [2.75, 3.05) is 70.3 Å². The number of carbonyl (C=O) groups excluding carboxylic acids is 1. The fourth-order valence-electron chi connectivity index (χ4n) is 3.35. The summed E-state index contributed by atoms with van der Waals surface area (Å²) < 4.78 is 5.48. The maximum Gasteiger partial charge on any atom is 0.270 e. The van der Waals surface area contributed by atoms with Gasteiger partial charge in [0.2, 0.25) is 5.95 Å². The molecule has 0 radical (unpaired) electrons. The molecule has 1 N–H and O–H groups in total. The molecule has 0 saturated carbocycles. The lowest BCUT2D eigenvalue weighted by molar-refractivity contribution is 0.0947. The number of rotatable bonds is 8. The van der Waals surface area contributed by atoms with Crippen LogP contribution in [0.2, 0.25) is 0 Å². The lowest BCUT2D eigenvalue weighted by atomic mass is 10.2. The highest BCUT2D eigenvalue weighted by Crippen LogP contribution is 2.28. The SMILES string of the molecule is COc1ccccc1N1CCN(c2nccc(C(=O)NCCCN(C)C)n2)CC1. The molecule has 29 heavy (non-hydrogen) atoms. The van der Waals surface area contributed by atoms with Crippen LogP contribution in [-0.2, 0) is 0 Å². The second kappa shape index (κ2) is 10.1. The van der Waals surface area contributed by atoms with Gasteiger partial charge in [0.15, 0.2) is 0 Å². The van der Waals surface area contributed by atoms with Crippen molar-refractivity contribution < 1.29 is 9.53 Å². The zero-order valence-electron chi connectivity index (χ0n) is 17.5. The summed E-state index contributed by atoms with van der Waals surface area (Å²) in [5, 5.41) is 2.93. The summed E-state index contributed by atoms with van der Waals surface area (Å²) in [6.07, 6.45) is 2.56. The molecule has 1 aliphatic heterocycles. The van der Waals surface area contributed by atoms with Gasteiger partial charge in [0.05, 0.1) is 12.8 Å². The molecule has 0 bridgehead atoms. The summed E-state index contributed by atoms with van der Waals surface area (Å²) >= 11 is 0. The number of hydrogen-bond acceptors (Lipinski definition) is 7. The predicted octanol–water partition coefficient (Wildman–Crippen LogP) is 1.49. The first-order chi connectivity index (χ1) is 14.1. The second-order valence-electron chi connectivity index (χ2n) is 7.30. The number of carbonyl (C=O) groups is 1. The Hall–Kier alpha value is -2.87. The van der Waals surface area contributed by atoms with Crippen molar-refractivity contribution >= 4 is 17.5 Å². The van der Waals surface area contributed by atoms with Crippen molar-refractivity contribution in [1.29, 1.82) is 0 Å². The van der Waals surface area contributed by atoms with Crippen LogP contribution < -0.4 is 19.9 Å². The number of piperazine rings is 1. The van der Waals surface area contributed by atoms with E-state index in [2.05, 4.69) is 36.1 Å². The normalized spacial score (nSPS) is 14.2. The molecule has 2 aromatic rings. The molecule has 1 aromatic heterocycles. The quantitative estimate of drug-likeness (QED) is 0.676. The summed E-state index contributed by atoms with van der Waals surface area (Å²) in [7, 11) is 5.73. The molecule has 156 valence electrons.